The van der Waals surface area contributed by atoms with Crippen LogP contribution in [0.4, 0.5) is 4.79 Å². The van der Waals surface area contributed by atoms with E-state index in [1.807, 2.05) is 0 Å². The number of nitrogens with two attached hydrogens (primary N) is 1. The molecule has 5 fully saturated rings. The summed E-state index contributed by atoms with van der Waals surface area (Å²) in [5, 5.41) is 20.1. The molecule has 2 bridgehead atoms. The van der Waals surface area contributed by atoms with Gasteiger partial charge in [0.2, 0.25) is 0 Å². The summed E-state index contributed by atoms with van der Waals surface area (Å²) in [4.78, 5) is 38.4. The highest BCUT2D eigenvalue weighted by Crippen LogP contribution is 2.64. The maximum atomic E-state index is 13.9. The molecule has 4 N–H and O–H groups in total. The Hall–Kier alpha value is -1.97. The van der Waals surface area contributed by atoms with E-state index in [-0.39, 0.29) is 41.4 Å². The number of allylic oxidation sites excluding steroid dienone is 1. The van der Waals surface area contributed by atoms with Crippen LogP contribution in [0.15, 0.2) is 11.6 Å². The second-order valence-corrected chi connectivity index (χ2v) is 14.8. The molecule has 42 heavy (non-hydrogen) atoms. The van der Waals surface area contributed by atoms with Crippen molar-refractivity contribution in [1.82, 2.24) is 0 Å². The highest BCUT2D eigenvalue weighted by atomic mass is 16.7. The number of hydrogen-bond donors (Lipinski definition) is 3. The molecule has 234 valence electrons. The van der Waals surface area contributed by atoms with Gasteiger partial charge in [0.1, 0.15) is 6.10 Å². The van der Waals surface area contributed by atoms with Crippen LogP contribution in [0.1, 0.15) is 78.1 Å². The minimum atomic E-state index is -1.32. The third-order valence-electron chi connectivity index (χ3n) is 12.2. The van der Waals surface area contributed by atoms with Crippen molar-refractivity contribution >= 4 is 17.9 Å². The number of carbonyl (C=O) groups is 3. The molecular weight excluding hydrogens is 538 g/mol. The third-order valence-corrected chi connectivity index (χ3v) is 12.2. The average molecular weight is 588 g/mol. The summed E-state index contributed by atoms with van der Waals surface area (Å²) in [5.74, 6) is -1.03. The van der Waals surface area contributed by atoms with Crippen molar-refractivity contribution in [2.75, 3.05) is 19.8 Å². The monoisotopic (exact) mass is 587 g/mol. The standard InChI is InChI=1S/C33H49NO8/c1-17(2)11-19-7-8-21-20-9-10-23-22-14-40-16-33(23,24(20)12-26(35)29(21)28(19)31(36)37)13-27(42-32(38)39)30(22)41-15-25(34)18-5-3-4-6-18/h12,17-23,25,27-30H,3-11,13-16,34H2,1-2H3,(H,36,37)(H,38,39)/t19?,20?,21?,22?,23?,25?,27-,28-,29?,30-,33+/m1/s1. The Morgan fingerprint density at radius 2 is 1.86 bits per heavy atom. The highest BCUT2D eigenvalue weighted by molar-refractivity contribution is 5.97. The zero-order chi connectivity index (χ0) is 29.8. The fraction of sp³-hybridized carbons (Fsp3) is 0.848. The Labute approximate surface area is 248 Å². The van der Waals surface area contributed by atoms with E-state index in [2.05, 4.69) is 13.8 Å². The molecule has 0 amide bonds. The minimum Gasteiger partial charge on any atom is -0.481 e. The molecule has 1 saturated heterocycles. The molecule has 0 aromatic rings. The highest BCUT2D eigenvalue weighted by Gasteiger charge is 2.64. The maximum absolute atomic E-state index is 13.9. The Morgan fingerprint density at radius 3 is 2.55 bits per heavy atom. The van der Waals surface area contributed by atoms with E-state index in [9.17, 15) is 24.6 Å². The Morgan fingerprint density at radius 1 is 1.10 bits per heavy atom. The lowest BCUT2D eigenvalue weighted by Gasteiger charge is -2.62. The number of fused-ring (bicyclic) bond motifs is 3. The zero-order valence-electron chi connectivity index (χ0n) is 25.1. The topological polar surface area (TPSA) is 145 Å². The normalized spacial score (nSPS) is 42.2. The second kappa shape index (κ2) is 11.8. The predicted molar refractivity (Wildman–Crippen MR) is 154 cm³/mol. The summed E-state index contributed by atoms with van der Waals surface area (Å²) in [6, 6.07) is -0.0893. The first-order chi connectivity index (χ1) is 20.1. The van der Waals surface area contributed by atoms with Crippen LogP contribution >= 0.6 is 0 Å². The minimum absolute atomic E-state index is 0.00469. The molecule has 1 heterocycles. The summed E-state index contributed by atoms with van der Waals surface area (Å²) >= 11 is 0. The Bertz CT molecular complexity index is 1080. The van der Waals surface area contributed by atoms with Gasteiger partial charge < -0.3 is 30.2 Å². The van der Waals surface area contributed by atoms with Crippen LogP contribution in [0, 0.1) is 58.7 Å². The van der Waals surface area contributed by atoms with Crippen LogP contribution in [0.25, 0.3) is 0 Å². The van der Waals surface area contributed by atoms with Crippen molar-refractivity contribution in [3.05, 3.63) is 11.6 Å². The molecule has 6 rings (SSSR count). The number of carboxylic acids is 1. The van der Waals surface area contributed by atoms with Gasteiger partial charge in [-0.1, -0.05) is 32.3 Å². The van der Waals surface area contributed by atoms with Crippen LogP contribution in [0.3, 0.4) is 0 Å². The van der Waals surface area contributed by atoms with E-state index < -0.39 is 41.6 Å². The first kappa shape index (κ1) is 30.1. The van der Waals surface area contributed by atoms with Gasteiger partial charge in [-0.3, -0.25) is 9.59 Å². The molecule has 6 aliphatic rings. The molecule has 7 unspecified atom stereocenters. The fourth-order valence-corrected chi connectivity index (χ4v) is 10.6. The van der Waals surface area contributed by atoms with Crippen molar-refractivity contribution in [2.24, 2.45) is 64.4 Å². The van der Waals surface area contributed by atoms with Crippen molar-refractivity contribution in [3.8, 4) is 0 Å². The molecule has 0 aromatic heterocycles. The molecule has 0 spiro atoms. The van der Waals surface area contributed by atoms with Crippen LogP contribution in [0.5, 0.6) is 0 Å². The molecule has 9 nitrogen and oxygen atoms in total. The summed E-state index contributed by atoms with van der Waals surface area (Å²) < 4.78 is 18.3. The number of aliphatic carboxylic acids is 1. The summed E-state index contributed by atoms with van der Waals surface area (Å²) in [6.07, 6.45) is 8.65. The lowest BCUT2D eigenvalue weighted by Crippen LogP contribution is -2.64. The zero-order valence-corrected chi connectivity index (χ0v) is 25.1. The number of ether oxygens (including phenoxy) is 3. The van der Waals surface area contributed by atoms with Crippen molar-refractivity contribution in [1.29, 1.82) is 0 Å². The van der Waals surface area contributed by atoms with E-state index in [0.717, 1.165) is 50.5 Å². The molecule has 0 radical (unpaired) electrons. The predicted octanol–water partition coefficient (Wildman–Crippen LogP) is 4.91. The Balaban J connectivity index is 1.30. The number of ketones is 1. The van der Waals surface area contributed by atoms with Gasteiger partial charge in [-0.05, 0) is 93.0 Å². The quantitative estimate of drug-likeness (QED) is 0.337. The third kappa shape index (κ3) is 5.21. The molecular formula is C33H49NO8. The summed E-state index contributed by atoms with van der Waals surface area (Å²) in [5.41, 5.74) is 7.08. The van der Waals surface area contributed by atoms with Gasteiger partial charge >= 0.3 is 12.1 Å². The van der Waals surface area contributed by atoms with Crippen LogP contribution in [0.2, 0.25) is 0 Å². The largest absolute Gasteiger partial charge is 0.506 e. The van der Waals surface area contributed by atoms with Crippen LogP contribution in [-0.2, 0) is 23.8 Å². The number of rotatable bonds is 8. The van der Waals surface area contributed by atoms with E-state index in [1.54, 1.807) is 6.08 Å². The SMILES string of the molecule is CC(C)CC1CCC2C3CCC4C5COC[C@]4(C[C@@H](OC(=O)O)[C@@H]5OCC(N)C4CCCC4)C3=CC(=O)C2[C@@H]1C(=O)O. The van der Waals surface area contributed by atoms with Gasteiger partial charge in [0.25, 0.3) is 0 Å². The number of carbonyl (C=O) groups excluding carboxylic acids is 1. The van der Waals surface area contributed by atoms with Crippen molar-refractivity contribution < 1.29 is 38.8 Å². The van der Waals surface area contributed by atoms with Crippen LogP contribution in [-0.4, -0.2) is 66.2 Å². The average Bonchev–Trinajstić information content (AvgIpc) is 3.47. The molecule has 11 atom stereocenters. The smallest absolute Gasteiger partial charge is 0.481 e. The lowest BCUT2D eigenvalue weighted by atomic mass is 9.45. The van der Waals surface area contributed by atoms with E-state index >= 15 is 0 Å². The van der Waals surface area contributed by atoms with Crippen LogP contribution < -0.4 is 5.73 Å². The maximum Gasteiger partial charge on any atom is 0.506 e. The van der Waals surface area contributed by atoms with Gasteiger partial charge in [-0.25, -0.2) is 4.79 Å². The Kier molecular flexibility index (Phi) is 8.48. The van der Waals surface area contributed by atoms with Gasteiger partial charge in [-0.15, -0.1) is 0 Å². The molecule has 0 aromatic carbocycles. The van der Waals surface area contributed by atoms with Crippen molar-refractivity contribution in [2.45, 2.75) is 96.3 Å². The molecule has 9 heteroatoms. The fourth-order valence-electron chi connectivity index (χ4n) is 10.6. The summed E-state index contributed by atoms with van der Waals surface area (Å²) in [6.45, 7) is 5.48. The number of carboxylic acid groups (broad SMARTS) is 2. The molecule has 4 saturated carbocycles. The first-order valence-corrected chi connectivity index (χ1v) is 16.4. The lowest BCUT2D eigenvalue weighted by molar-refractivity contribution is -0.218. The van der Waals surface area contributed by atoms with E-state index in [4.69, 9.17) is 19.9 Å². The van der Waals surface area contributed by atoms with Gasteiger partial charge in [0.05, 0.1) is 31.8 Å². The van der Waals surface area contributed by atoms with Crippen molar-refractivity contribution in [3.63, 3.8) is 0 Å². The van der Waals surface area contributed by atoms with Gasteiger partial charge in [-0.2, -0.15) is 0 Å². The molecule has 5 aliphatic carbocycles. The van der Waals surface area contributed by atoms with E-state index in [0.29, 0.717) is 38.1 Å². The summed E-state index contributed by atoms with van der Waals surface area (Å²) in [7, 11) is 0. The van der Waals surface area contributed by atoms with Gasteiger partial charge in [0, 0.05) is 23.3 Å². The number of hydrogen-bond acceptors (Lipinski definition) is 7. The van der Waals surface area contributed by atoms with Gasteiger partial charge in [0.15, 0.2) is 5.78 Å². The second-order valence-electron chi connectivity index (χ2n) is 14.8. The molecule has 1 aliphatic heterocycles. The van der Waals surface area contributed by atoms with E-state index in [1.165, 1.54) is 12.8 Å². The first-order valence-electron chi connectivity index (χ1n) is 16.4.